The van der Waals surface area contributed by atoms with Crippen LogP contribution in [0.15, 0.2) is 12.3 Å². The largest absolute Gasteiger partial charge is 0.481 e. The zero-order valence-electron chi connectivity index (χ0n) is 6.65. The van der Waals surface area contributed by atoms with Gasteiger partial charge in [-0.1, -0.05) is 0 Å². The van der Waals surface area contributed by atoms with Crippen molar-refractivity contribution in [2.45, 2.75) is 19.4 Å². The minimum Gasteiger partial charge on any atom is -0.481 e. The zero-order chi connectivity index (χ0) is 9.84. The van der Waals surface area contributed by atoms with Crippen LogP contribution in [-0.2, 0) is 11.2 Å². The first-order valence-electron chi connectivity index (χ1n) is 3.63. The molecule has 1 rings (SSSR count). The Kier molecular flexibility index (Phi) is 2.94. The smallest absolute Gasteiger partial charge is 0.333 e. The predicted molar refractivity (Wildman–Crippen MR) is 39.4 cm³/mol. The van der Waals surface area contributed by atoms with E-state index in [1.54, 1.807) is 0 Å². The Hall–Kier alpha value is -1.46. The van der Waals surface area contributed by atoms with Gasteiger partial charge in [-0.25, -0.2) is 4.68 Å². The molecule has 1 aromatic heterocycles. The van der Waals surface area contributed by atoms with Crippen molar-refractivity contribution in [2.24, 2.45) is 0 Å². The molecule has 0 amide bonds. The van der Waals surface area contributed by atoms with Crippen LogP contribution in [0.5, 0.6) is 0 Å². The molecule has 6 heteroatoms. The zero-order valence-corrected chi connectivity index (χ0v) is 6.65. The maximum Gasteiger partial charge on any atom is 0.333 e. The molecule has 1 N–H and O–H groups in total. The topological polar surface area (TPSA) is 55.1 Å². The number of aliphatic carboxylic acids is 1. The lowest BCUT2D eigenvalue weighted by atomic mass is 10.2. The molecule has 0 atom stereocenters. The molecule has 0 saturated heterocycles. The first-order valence-corrected chi connectivity index (χ1v) is 3.63. The van der Waals surface area contributed by atoms with Gasteiger partial charge < -0.3 is 5.11 Å². The lowest BCUT2D eigenvalue weighted by Gasteiger charge is -1.96. The summed E-state index contributed by atoms with van der Waals surface area (Å²) < 4.78 is 24.4. The number of hydrogen-bond donors (Lipinski definition) is 1. The Balaban J connectivity index is 2.54. The summed E-state index contributed by atoms with van der Waals surface area (Å²) in [5.41, 5.74) is 0.364. The number of rotatable bonds is 4. The van der Waals surface area contributed by atoms with Crippen LogP contribution in [0.4, 0.5) is 8.78 Å². The molecule has 0 radical (unpaired) electrons. The second kappa shape index (κ2) is 3.97. The van der Waals surface area contributed by atoms with Crippen LogP contribution in [0.2, 0.25) is 0 Å². The standard InChI is InChI=1S/C7H8F2N2O2/c8-7(9)11-4-3-5(10-11)1-2-6(12)13/h3-4,7H,1-2H2,(H,12,13). The molecule has 0 aliphatic rings. The number of aryl methyl sites for hydroxylation is 1. The predicted octanol–water partition coefficient (Wildman–Crippen LogP) is 1.30. The highest BCUT2D eigenvalue weighted by Gasteiger charge is 2.08. The second-order valence-corrected chi connectivity index (χ2v) is 2.46. The van der Waals surface area contributed by atoms with Gasteiger partial charge in [0.1, 0.15) is 0 Å². The third-order valence-electron chi connectivity index (χ3n) is 1.46. The number of carbonyl (C=O) groups is 1. The first-order chi connectivity index (χ1) is 6.09. The molecule has 0 aliphatic heterocycles. The van der Waals surface area contributed by atoms with E-state index in [0.29, 0.717) is 10.4 Å². The number of hydrogen-bond acceptors (Lipinski definition) is 2. The van der Waals surface area contributed by atoms with Gasteiger partial charge in [-0.05, 0) is 6.07 Å². The second-order valence-electron chi connectivity index (χ2n) is 2.46. The fraction of sp³-hybridized carbons (Fsp3) is 0.429. The SMILES string of the molecule is O=C(O)CCc1ccn(C(F)F)n1. The van der Waals surface area contributed by atoms with Crippen molar-refractivity contribution in [3.8, 4) is 0 Å². The van der Waals surface area contributed by atoms with E-state index in [1.165, 1.54) is 6.07 Å². The molecule has 0 aromatic carbocycles. The Labute approximate surface area is 72.8 Å². The van der Waals surface area contributed by atoms with Crippen LogP contribution in [0.25, 0.3) is 0 Å². The third-order valence-corrected chi connectivity index (χ3v) is 1.46. The Morgan fingerprint density at radius 2 is 2.38 bits per heavy atom. The summed E-state index contributed by atoms with van der Waals surface area (Å²) in [7, 11) is 0. The highest BCUT2D eigenvalue weighted by atomic mass is 19.3. The first kappa shape index (κ1) is 9.63. The third kappa shape index (κ3) is 2.81. The lowest BCUT2D eigenvalue weighted by molar-refractivity contribution is -0.136. The fourth-order valence-electron chi connectivity index (χ4n) is 0.854. The molecule has 0 aliphatic carbocycles. The summed E-state index contributed by atoms with van der Waals surface area (Å²) in [6, 6.07) is 1.38. The number of carboxylic acids is 1. The van der Waals surface area contributed by atoms with Gasteiger partial charge in [0.25, 0.3) is 0 Å². The fourth-order valence-corrected chi connectivity index (χ4v) is 0.854. The normalized spacial score (nSPS) is 10.7. The molecule has 13 heavy (non-hydrogen) atoms. The van der Waals surface area contributed by atoms with Crippen LogP contribution in [-0.4, -0.2) is 20.9 Å². The molecule has 0 fully saturated rings. The maximum absolute atomic E-state index is 12.0. The van der Waals surface area contributed by atoms with E-state index in [4.69, 9.17) is 5.11 Å². The van der Waals surface area contributed by atoms with E-state index in [0.717, 1.165) is 6.20 Å². The van der Waals surface area contributed by atoms with Gasteiger partial charge in [0.05, 0.1) is 12.1 Å². The number of alkyl halides is 2. The van der Waals surface area contributed by atoms with Gasteiger partial charge in [-0.15, -0.1) is 0 Å². The summed E-state index contributed by atoms with van der Waals surface area (Å²) in [5, 5.41) is 11.8. The van der Waals surface area contributed by atoms with E-state index in [2.05, 4.69) is 5.10 Å². The van der Waals surface area contributed by atoms with Crippen LogP contribution < -0.4 is 0 Å². The Morgan fingerprint density at radius 3 is 2.85 bits per heavy atom. The highest BCUT2D eigenvalue weighted by molar-refractivity contribution is 5.66. The minimum atomic E-state index is -2.67. The molecular weight excluding hydrogens is 182 g/mol. The molecule has 72 valence electrons. The van der Waals surface area contributed by atoms with E-state index >= 15 is 0 Å². The Bertz CT molecular complexity index is 298. The molecule has 0 unspecified atom stereocenters. The van der Waals surface area contributed by atoms with Gasteiger partial charge in [-0.2, -0.15) is 13.9 Å². The molecule has 0 saturated carbocycles. The summed E-state index contributed by atoms with van der Waals surface area (Å²) >= 11 is 0. The average Bonchev–Trinajstić information content (AvgIpc) is 2.48. The number of aromatic nitrogens is 2. The van der Waals surface area contributed by atoms with E-state index in [9.17, 15) is 13.6 Å². The molecule has 0 spiro atoms. The quantitative estimate of drug-likeness (QED) is 0.778. The number of nitrogens with zero attached hydrogens (tertiary/aromatic N) is 2. The highest BCUT2D eigenvalue weighted by Crippen LogP contribution is 2.09. The van der Waals surface area contributed by atoms with Gasteiger partial charge in [0, 0.05) is 12.6 Å². The van der Waals surface area contributed by atoms with Crippen molar-refractivity contribution in [1.29, 1.82) is 0 Å². The van der Waals surface area contributed by atoms with E-state index in [-0.39, 0.29) is 12.8 Å². The van der Waals surface area contributed by atoms with Gasteiger partial charge in [-0.3, -0.25) is 4.79 Å². The van der Waals surface area contributed by atoms with Crippen molar-refractivity contribution in [3.05, 3.63) is 18.0 Å². The molecule has 4 nitrogen and oxygen atoms in total. The summed E-state index contributed by atoms with van der Waals surface area (Å²) in [5.74, 6) is -0.966. The summed E-state index contributed by atoms with van der Waals surface area (Å²) in [6.07, 6.45) is 1.21. The van der Waals surface area contributed by atoms with Crippen LogP contribution in [0.1, 0.15) is 18.7 Å². The van der Waals surface area contributed by atoms with Crippen LogP contribution in [0.3, 0.4) is 0 Å². The van der Waals surface area contributed by atoms with E-state index < -0.39 is 12.5 Å². The summed E-state index contributed by atoms with van der Waals surface area (Å²) in [4.78, 5) is 10.1. The monoisotopic (exact) mass is 190 g/mol. The molecule has 1 aromatic rings. The minimum absolute atomic E-state index is 0.0970. The van der Waals surface area contributed by atoms with Crippen molar-refractivity contribution in [3.63, 3.8) is 0 Å². The molecular formula is C7H8F2N2O2. The number of halogens is 2. The van der Waals surface area contributed by atoms with Gasteiger partial charge in [0.15, 0.2) is 0 Å². The van der Waals surface area contributed by atoms with Crippen molar-refractivity contribution >= 4 is 5.97 Å². The lowest BCUT2D eigenvalue weighted by Crippen LogP contribution is -2.01. The van der Waals surface area contributed by atoms with Crippen molar-refractivity contribution < 1.29 is 18.7 Å². The average molecular weight is 190 g/mol. The van der Waals surface area contributed by atoms with Gasteiger partial charge >= 0.3 is 12.5 Å². The van der Waals surface area contributed by atoms with E-state index in [1.807, 2.05) is 0 Å². The molecule has 1 heterocycles. The van der Waals surface area contributed by atoms with Gasteiger partial charge in [0.2, 0.25) is 0 Å². The maximum atomic E-state index is 12.0. The Morgan fingerprint density at radius 1 is 1.69 bits per heavy atom. The van der Waals surface area contributed by atoms with Crippen molar-refractivity contribution in [1.82, 2.24) is 9.78 Å². The van der Waals surface area contributed by atoms with Crippen LogP contribution in [0, 0.1) is 0 Å². The van der Waals surface area contributed by atoms with Crippen LogP contribution >= 0.6 is 0 Å². The number of carboxylic acid groups (broad SMARTS) is 1. The van der Waals surface area contributed by atoms with Crippen molar-refractivity contribution in [2.75, 3.05) is 0 Å². The molecule has 0 bridgehead atoms. The summed E-state index contributed by atoms with van der Waals surface area (Å²) in [6.45, 7) is -2.67.